The van der Waals surface area contributed by atoms with Crippen molar-refractivity contribution < 1.29 is 17.9 Å². The second kappa shape index (κ2) is 11.0. The van der Waals surface area contributed by atoms with Gasteiger partial charge in [0.15, 0.2) is 11.7 Å². The van der Waals surface area contributed by atoms with Crippen LogP contribution in [-0.2, 0) is 24.0 Å². The molecule has 0 aliphatic carbocycles. The third kappa shape index (κ3) is 6.71. The standard InChI is InChI=1S/C18H22F3N5OS.HI/c1-22-17(24-11-16-25-15(12-28-16)18(19,20)21)23-10-13-4-2-3-5-14(13)26-6-8-27-9-7-26;/h2-5,12H,6-11H2,1H3,(H2,22,23,24);1H. The molecule has 0 unspecified atom stereocenters. The van der Waals surface area contributed by atoms with Crippen molar-refractivity contribution in [1.29, 1.82) is 0 Å². The van der Waals surface area contributed by atoms with Gasteiger partial charge < -0.3 is 20.3 Å². The number of anilines is 1. The van der Waals surface area contributed by atoms with Gasteiger partial charge >= 0.3 is 6.18 Å². The number of aliphatic imine (C=N–C) groups is 1. The van der Waals surface area contributed by atoms with Crippen LogP contribution in [0.1, 0.15) is 16.3 Å². The Morgan fingerprint density at radius 3 is 2.55 bits per heavy atom. The van der Waals surface area contributed by atoms with E-state index in [1.165, 1.54) is 0 Å². The molecule has 0 spiro atoms. The Bertz CT molecular complexity index is 809. The molecule has 6 nitrogen and oxygen atoms in total. The first-order valence-corrected chi connectivity index (χ1v) is 9.72. The quantitative estimate of drug-likeness (QED) is 0.345. The lowest BCUT2D eigenvalue weighted by Crippen LogP contribution is -2.39. The number of ether oxygens (including phenoxy) is 1. The van der Waals surface area contributed by atoms with E-state index in [9.17, 15) is 13.2 Å². The maximum atomic E-state index is 12.6. The Morgan fingerprint density at radius 1 is 1.21 bits per heavy atom. The van der Waals surface area contributed by atoms with Crippen molar-refractivity contribution in [2.24, 2.45) is 4.99 Å². The minimum Gasteiger partial charge on any atom is -0.378 e. The van der Waals surface area contributed by atoms with E-state index in [4.69, 9.17) is 4.74 Å². The number of aromatic nitrogens is 1. The highest BCUT2D eigenvalue weighted by Crippen LogP contribution is 2.29. The summed E-state index contributed by atoms with van der Waals surface area (Å²) in [6.45, 7) is 3.81. The summed E-state index contributed by atoms with van der Waals surface area (Å²) >= 11 is 0.970. The summed E-state index contributed by atoms with van der Waals surface area (Å²) in [6, 6.07) is 8.10. The minimum atomic E-state index is -4.42. The average molecular weight is 541 g/mol. The highest BCUT2D eigenvalue weighted by atomic mass is 127. The van der Waals surface area contributed by atoms with Crippen LogP contribution in [0.3, 0.4) is 0 Å². The van der Waals surface area contributed by atoms with Gasteiger partial charge in [-0.3, -0.25) is 4.99 Å². The topological polar surface area (TPSA) is 61.8 Å². The summed E-state index contributed by atoms with van der Waals surface area (Å²) in [7, 11) is 1.62. The molecule has 1 fully saturated rings. The number of halogens is 4. The van der Waals surface area contributed by atoms with E-state index in [-0.39, 0.29) is 30.5 Å². The van der Waals surface area contributed by atoms with Crippen LogP contribution in [0.25, 0.3) is 0 Å². The number of nitrogens with zero attached hydrogens (tertiary/aromatic N) is 3. The molecule has 11 heteroatoms. The van der Waals surface area contributed by atoms with Gasteiger partial charge in [0, 0.05) is 37.7 Å². The molecular weight excluding hydrogens is 518 g/mol. The van der Waals surface area contributed by atoms with Crippen molar-refractivity contribution in [2.45, 2.75) is 19.3 Å². The number of para-hydroxylation sites is 1. The molecule has 2 N–H and O–H groups in total. The van der Waals surface area contributed by atoms with Gasteiger partial charge in [0.05, 0.1) is 19.8 Å². The zero-order valence-corrected chi connectivity index (χ0v) is 19.0. The molecule has 1 aliphatic heterocycles. The second-order valence-electron chi connectivity index (χ2n) is 6.13. The van der Waals surface area contributed by atoms with Gasteiger partial charge in [-0.15, -0.1) is 35.3 Å². The molecule has 0 bridgehead atoms. The van der Waals surface area contributed by atoms with Gasteiger partial charge in [0.1, 0.15) is 5.01 Å². The zero-order chi connectivity index (χ0) is 20.0. The van der Waals surface area contributed by atoms with E-state index < -0.39 is 11.9 Å². The molecule has 0 radical (unpaired) electrons. The first kappa shape index (κ1) is 23.7. The Hall–Kier alpha value is -1.60. The predicted octanol–water partition coefficient (Wildman–Crippen LogP) is 3.48. The lowest BCUT2D eigenvalue weighted by atomic mass is 10.1. The molecule has 1 aromatic heterocycles. The van der Waals surface area contributed by atoms with E-state index in [1.807, 2.05) is 18.2 Å². The van der Waals surface area contributed by atoms with E-state index in [2.05, 4.69) is 31.6 Å². The number of rotatable bonds is 5. The Kier molecular flexibility index (Phi) is 8.96. The molecule has 0 saturated carbocycles. The smallest absolute Gasteiger partial charge is 0.378 e. The van der Waals surface area contributed by atoms with Crippen molar-refractivity contribution >= 4 is 47.0 Å². The fourth-order valence-corrected chi connectivity index (χ4v) is 3.59. The molecule has 1 aromatic carbocycles. The number of nitrogens with one attached hydrogen (secondary N) is 2. The highest BCUT2D eigenvalue weighted by Gasteiger charge is 2.33. The number of alkyl halides is 3. The first-order chi connectivity index (χ1) is 13.5. The third-order valence-electron chi connectivity index (χ3n) is 4.26. The van der Waals surface area contributed by atoms with Crippen LogP contribution in [-0.4, -0.2) is 44.3 Å². The van der Waals surface area contributed by atoms with E-state index >= 15 is 0 Å². The number of guanidine groups is 1. The largest absolute Gasteiger partial charge is 0.434 e. The van der Waals surface area contributed by atoms with Crippen molar-refractivity contribution in [2.75, 3.05) is 38.3 Å². The molecule has 2 heterocycles. The SMILES string of the molecule is CN=C(NCc1nc(C(F)(F)F)cs1)NCc1ccccc1N1CCOCC1.I. The molecule has 2 aromatic rings. The van der Waals surface area contributed by atoms with Crippen molar-refractivity contribution in [3.05, 3.63) is 45.9 Å². The number of hydrogen-bond donors (Lipinski definition) is 2. The molecule has 1 saturated heterocycles. The minimum absolute atomic E-state index is 0. The van der Waals surface area contributed by atoms with Crippen LogP contribution in [0.4, 0.5) is 18.9 Å². The maximum absolute atomic E-state index is 12.6. The molecule has 3 rings (SSSR count). The van der Waals surface area contributed by atoms with Crippen LogP contribution in [0, 0.1) is 0 Å². The van der Waals surface area contributed by atoms with Crippen molar-refractivity contribution in [3.63, 3.8) is 0 Å². The molecule has 1 aliphatic rings. The summed E-state index contributed by atoms with van der Waals surface area (Å²) in [4.78, 5) is 10.0. The van der Waals surface area contributed by atoms with Gasteiger partial charge in [-0.05, 0) is 11.6 Å². The van der Waals surface area contributed by atoms with Gasteiger partial charge in [0.2, 0.25) is 0 Å². The molecular formula is C18H23F3IN5OS. The normalized spacial score (nSPS) is 15.0. The summed E-state index contributed by atoms with van der Waals surface area (Å²) in [5.41, 5.74) is 1.39. The van der Waals surface area contributed by atoms with Crippen LogP contribution in [0.15, 0.2) is 34.6 Å². The van der Waals surface area contributed by atoms with Gasteiger partial charge in [-0.25, -0.2) is 4.98 Å². The summed E-state index contributed by atoms with van der Waals surface area (Å²) in [5.74, 6) is 0.500. The fraction of sp³-hybridized carbons (Fsp3) is 0.444. The molecule has 160 valence electrons. The first-order valence-electron chi connectivity index (χ1n) is 8.84. The van der Waals surface area contributed by atoms with Gasteiger partial charge in [0.25, 0.3) is 0 Å². The van der Waals surface area contributed by atoms with Crippen LogP contribution >= 0.6 is 35.3 Å². The van der Waals surface area contributed by atoms with Crippen LogP contribution in [0.2, 0.25) is 0 Å². The number of morpholine rings is 1. The lowest BCUT2D eigenvalue weighted by molar-refractivity contribution is -0.140. The second-order valence-corrected chi connectivity index (χ2v) is 7.07. The zero-order valence-electron chi connectivity index (χ0n) is 15.8. The Morgan fingerprint density at radius 2 is 1.90 bits per heavy atom. The van der Waals surface area contributed by atoms with Crippen molar-refractivity contribution in [1.82, 2.24) is 15.6 Å². The number of hydrogen-bond acceptors (Lipinski definition) is 5. The monoisotopic (exact) mass is 541 g/mol. The van der Waals surface area contributed by atoms with Gasteiger partial charge in [-0.1, -0.05) is 18.2 Å². The molecule has 29 heavy (non-hydrogen) atoms. The Balaban J connectivity index is 0.00000300. The predicted molar refractivity (Wildman–Crippen MR) is 119 cm³/mol. The fourth-order valence-electron chi connectivity index (χ4n) is 2.85. The van der Waals surface area contributed by atoms with E-state index in [0.29, 0.717) is 30.7 Å². The molecule has 0 atom stereocenters. The third-order valence-corrected chi connectivity index (χ3v) is 5.11. The Labute approximate surface area is 188 Å². The number of thiazole rings is 1. The van der Waals surface area contributed by atoms with E-state index in [0.717, 1.165) is 41.1 Å². The average Bonchev–Trinajstić information content (AvgIpc) is 3.19. The lowest BCUT2D eigenvalue weighted by Gasteiger charge is -2.30. The number of benzene rings is 1. The highest BCUT2D eigenvalue weighted by molar-refractivity contribution is 14.0. The van der Waals surface area contributed by atoms with Gasteiger partial charge in [-0.2, -0.15) is 13.2 Å². The summed E-state index contributed by atoms with van der Waals surface area (Å²) in [5, 5.41) is 7.58. The van der Waals surface area contributed by atoms with Crippen LogP contribution < -0.4 is 15.5 Å². The summed E-state index contributed by atoms with van der Waals surface area (Å²) < 4.78 is 43.3. The van der Waals surface area contributed by atoms with Crippen LogP contribution in [0.5, 0.6) is 0 Å². The maximum Gasteiger partial charge on any atom is 0.434 e. The van der Waals surface area contributed by atoms with Crippen molar-refractivity contribution in [3.8, 4) is 0 Å². The summed E-state index contributed by atoms with van der Waals surface area (Å²) in [6.07, 6.45) is -4.42. The van der Waals surface area contributed by atoms with E-state index in [1.54, 1.807) is 7.05 Å². The molecule has 0 amide bonds.